The number of nitro groups is 1. The van der Waals surface area contributed by atoms with Crippen molar-refractivity contribution in [1.29, 1.82) is 0 Å². The minimum atomic E-state index is -0.855. The molecule has 2 aliphatic rings. The molecule has 0 radical (unpaired) electrons. The summed E-state index contributed by atoms with van der Waals surface area (Å²) in [6.45, 7) is 2.27. The number of thiazole rings is 1. The minimum Gasteiger partial charge on any atom is -0.489 e. The first-order valence-electron chi connectivity index (χ1n) is 12.2. The van der Waals surface area contributed by atoms with Gasteiger partial charge in [-0.15, -0.1) is 0 Å². The van der Waals surface area contributed by atoms with Gasteiger partial charge in [0.15, 0.2) is 0 Å². The van der Waals surface area contributed by atoms with E-state index in [1.165, 1.54) is 24.3 Å². The molecule has 2 aliphatic heterocycles. The molecule has 1 fully saturated rings. The van der Waals surface area contributed by atoms with Gasteiger partial charge in [0.25, 0.3) is 5.69 Å². The number of aromatic nitrogens is 1. The van der Waals surface area contributed by atoms with Crippen molar-refractivity contribution >= 4 is 57.9 Å². The van der Waals surface area contributed by atoms with Crippen LogP contribution in [0.1, 0.15) is 27.5 Å². The molecule has 6 rings (SSSR count). The summed E-state index contributed by atoms with van der Waals surface area (Å²) in [6.07, 6.45) is 0. The number of nitrogens with zero attached hydrogens (tertiary/aromatic N) is 2. The predicted molar refractivity (Wildman–Crippen MR) is 152 cm³/mol. The van der Waals surface area contributed by atoms with Crippen LogP contribution in [0.2, 0.25) is 5.02 Å². The number of hydrogen-bond acceptors (Lipinski definition) is 8. The fraction of sp³-hybridized carbons (Fsp3) is 0.179. The minimum absolute atomic E-state index is 0.151. The lowest BCUT2D eigenvalue weighted by molar-refractivity contribution is -0.384. The second-order valence-electron chi connectivity index (χ2n) is 9.49. The quantitative estimate of drug-likeness (QED) is 0.173. The summed E-state index contributed by atoms with van der Waals surface area (Å²) < 4.78 is 6.23. The molecule has 1 N–H and O–H groups in total. The zero-order valence-corrected chi connectivity index (χ0v) is 23.2. The number of rotatable bonds is 6. The monoisotopic (exact) mass is 593 g/mol. The van der Waals surface area contributed by atoms with Gasteiger partial charge in [0, 0.05) is 33.5 Å². The number of carbonyl (C=O) groups is 2. The zero-order valence-electron chi connectivity index (χ0n) is 20.8. The molecule has 3 heterocycles. The van der Waals surface area contributed by atoms with Gasteiger partial charge < -0.3 is 9.72 Å². The smallest absolute Gasteiger partial charge is 0.305 e. The lowest BCUT2D eigenvalue weighted by Gasteiger charge is -2.31. The molecule has 0 bridgehead atoms. The van der Waals surface area contributed by atoms with Crippen molar-refractivity contribution in [1.82, 2.24) is 4.98 Å². The maximum atomic E-state index is 14.0. The second-order valence-corrected chi connectivity index (χ2v) is 12.1. The maximum absolute atomic E-state index is 14.0. The van der Waals surface area contributed by atoms with Gasteiger partial charge in [0.1, 0.15) is 17.6 Å². The molecule has 40 heavy (non-hydrogen) atoms. The van der Waals surface area contributed by atoms with Crippen LogP contribution in [0.3, 0.4) is 0 Å². The van der Waals surface area contributed by atoms with Gasteiger partial charge in [0.05, 0.1) is 21.6 Å². The number of halogens is 1. The first kappa shape index (κ1) is 26.3. The van der Waals surface area contributed by atoms with Gasteiger partial charge in [-0.25, -0.2) is 4.90 Å². The molecule has 4 aromatic rings. The Morgan fingerprint density at radius 2 is 1.75 bits per heavy atom. The van der Waals surface area contributed by atoms with Gasteiger partial charge in [-0.05, 0) is 42.8 Å². The Labute approximate surface area is 240 Å². The average Bonchev–Trinajstić information content (AvgIpc) is 3.43. The Hall–Kier alpha value is -3.93. The maximum Gasteiger partial charge on any atom is 0.305 e. The number of non-ortho nitro benzene ring substituents is 1. The van der Waals surface area contributed by atoms with E-state index in [4.69, 9.17) is 16.3 Å². The number of amides is 2. The van der Waals surface area contributed by atoms with E-state index in [1.807, 2.05) is 31.2 Å². The van der Waals surface area contributed by atoms with Crippen LogP contribution < -0.4 is 14.5 Å². The van der Waals surface area contributed by atoms with Crippen molar-refractivity contribution in [2.45, 2.75) is 29.7 Å². The number of H-pyrrole nitrogens is 1. The van der Waals surface area contributed by atoms with Crippen molar-refractivity contribution in [2.24, 2.45) is 5.92 Å². The Balaban J connectivity index is 1.42. The fourth-order valence-electron chi connectivity index (χ4n) is 5.07. The molecular weight excluding hydrogens is 574 g/mol. The fourth-order valence-corrected chi connectivity index (χ4v) is 7.76. The molecule has 3 atom stereocenters. The summed E-state index contributed by atoms with van der Waals surface area (Å²) in [6, 6.07) is 18.3. The van der Waals surface area contributed by atoms with Gasteiger partial charge >= 0.3 is 4.87 Å². The van der Waals surface area contributed by atoms with E-state index in [2.05, 4.69) is 4.98 Å². The third-order valence-corrected chi connectivity index (χ3v) is 9.60. The van der Waals surface area contributed by atoms with Crippen molar-refractivity contribution in [3.8, 4) is 5.75 Å². The molecule has 3 aromatic carbocycles. The SMILES string of the molecule is Cc1ccc(COc2ccc(Cl)cc2[C@H]2c3sc(=O)[nH]c3SC3C(=O)N(c4ccc([N+](=O)[O-])cc4)C(=O)C32)cc1. The summed E-state index contributed by atoms with van der Waals surface area (Å²) >= 11 is 8.57. The highest BCUT2D eigenvalue weighted by Gasteiger charge is 2.56. The third-order valence-electron chi connectivity index (χ3n) is 6.96. The number of aromatic amines is 1. The third kappa shape index (κ3) is 4.59. The molecule has 9 nitrogen and oxygen atoms in total. The summed E-state index contributed by atoms with van der Waals surface area (Å²) in [4.78, 5) is 54.9. The number of aryl methyl sites for hydroxylation is 1. The first-order chi connectivity index (χ1) is 19.2. The average molecular weight is 594 g/mol. The van der Waals surface area contributed by atoms with E-state index >= 15 is 0 Å². The second kappa shape index (κ2) is 10.2. The van der Waals surface area contributed by atoms with Crippen LogP contribution in [0, 0.1) is 23.0 Å². The van der Waals surface area contributed by atoms with E-state index in [9.17, 15) is 24.5 Å². The first-order valence-corrected chi connectivity index (χ1v) is 14.3. The standard InChI is InChI=1S/C28H20ClN3O6S2/c1-14-2-4-15(5-3-14)13-38-20-11-6-16(29)12-19(20)21-22-24(39-25-23(21)40-28(35)30-25)27(34)31(26(22)33)17-7-9-18(10-8-17)32(36)37/h2-12,21-22,24H,13H2,1H3,(H,30,35)/t21-,22?,24?/m1/s1. The highest BCUT2D eigenvalue weighted by Crippen LogP contribution is 2.54. The van der Waals surface area contributed by atoms with Crippen molar-refractivity contribution in [3.63, 3.8) is 0 Å². The number of nitro benzene ring substituents is 1. The normalized spacial score (nSPS) is 19.9. The van der Waals surface area contributed by atoms with Crippen LogP contribution in [0.4, 0.5) is 11.4 Å². The number of nitrogens with one attached hydrogen (secondary N) is 1. The summed E-state index contributed by atoms with van der Waals surface area (Å²) in [7, 11) is 0. The van der Waals surface area contributed by atoms with Crippen LogP contribution in [0.25, 0.3) is 0 Å². The van der Waals surface area contributed by atoms with E-state index in [0.717, 1.165) is 39.1 Å². The summed E-state index contributed by atoms with van der Waals surface area (Å²) in [5.74, 6) is -1.97. The number of fused-ring (bicyclic) bond motifs is 2. The van der Waals surface area contributed by atoms with Gasteiger partial charge in [0.2, 0.25) is 11.8 Å². The van der Waals surface area contributed by atoms with E-state index in [1.54, 1.807) is 18.2 Å². The molecule has 0 aliphatic carbocycles. The molecule has 1 aromatic heterocycles. The lowest BCUT2D eigenvalue weighted by Crippen LogP contribution is -2.32. The number of thioether (sulfide) groups is 1. The number of anilines is 1. The molecule has 2 unspecified atom stereocenters. The Morgan fingerprint density at radius 1 is 1.02 bits per heavy atom. The number of ether oxygens (including phenoxy) is 1. The van der Waals surface area contributed by atoms with Gasteiger partial charge in [-0.1, -0.05) is 64.5 Å². The molecular formula is C28H20ClN3O6S2. The Bertz CT molecular complexity index is 1720. The van der Waals surface area contributed by atoms with Crippen molar-refractivity contribution < 1.29 is 19.2 Å². The zero-order chi connectivity index (χ0) is 28.1. The lowest BCUT2D eigenvalue weighted by atomic mass is 9.82. The van der Waals surface area contributed by atoms with Crippen LogP contribution in [0.5, 0.6) is 5.75 Å². The highest BCUT2D eigenvalue weighted by atomic mass is 35.5. The topological polar surface area (TPSA) is 123 Å². The number of benzene rings is 3. The molecule has 0 spiro atoms. The molecule has 1 saturated heterocycles. The Kier molecular flexibility index (Phi) is 6.73. The Morgan fingerprint density at radius 3 is 2.45 bits per heavy atom. The van der Waals surface area contributed by atoms with Crippen LogP contribution in [0.15, 0.2) is 76.6 Å². The molecule has 2 amide bonds. The van der Waals surface area contributed by atoms with Crippen LogP contribution >= 0.6 is 34.7 Å². The molecule has 0 saturated carbocycles. The van der Waals surface area contributed by atoms with Crippen molar-refractivity contribution in [2.75, 3.05) is 4.90 Å². The summed E-state index contributed by atoms with van der Waals surface area (Å²) in [5, 5.41) is 11.2. The number of hydrogen-bond donors (Lipinski definition) is 1. The van der Waals surface area contributed by atoms with E-state index in [-0.39, 0.29) is 22.9 Å². The summed E-state index contributed by atoms with van der Waals surface area (Å²) in [5.41, 5.74) is 2.76. The molecule has 202 valence electrons. The largest absolute Gasteiger partial charge is 0.489 e. The number of carbonyl (C=O) groups excluding carboxylic acids is 2. The highest BCUT2D eigenvalue weighted by molar-refractivity contribution is 8.00. The van der Waals surface area contributed by atoms with Gasteiger partial charge in [-0.2, -0.15) is 0 Å². The molecule has 12 heteroatoms. The van der Waals surface area contributed by atoms with Crippen LogP contribution in [-0.2, 0) is 16.2 Å². The van der Waals surface area contributed by atoms with Gasteiger partial charge in [-0.3, -0.25) is 24.5 Å². The number of imide groups is 1. The van der Waals surface area contributed by atoms with Crippen molar-refractivity contribution in [3.05, 3.63) is 113 Å². The van der Waals surface area contributed by atoms with Crippen LogP contribution in [-0.4, -0.2) is 27.0 Å². The van der Waals surface area contributed by atoms with E-state index < -0.39 is 33.8 Å². The predicted octanol–water partition coefficient (Wildman–Crippen LogP) is 5.68. The van der Waals surface area contributed by atoms with E-state index in [0.29, 0.717) is 26.2 Å².